The van der Waals surface area contributed by atoms with Crippen LogP contribution in [0.1, 0.15) is 44.0 Å². The molecule has 0 aromatic carbocycles. The average molecular weight is 314 g/mol. The summed E-state index contributed by atoms with van der Waals surface area (Å²) in [6.07, 6.45) is 6.66. The molecule has 0 aliphatic heterocycles. The summed E-state index contributed by atoms with van der Waals surface area (Å²) in [5.74, 6) is 0.946. The molecule has 1 saturated carbocycles. The molecule has 2 rings (SSSR count). The molecule has 18 heavy (non-hydrogen) atoms. The Kier molecular flexibility index (Phi) is 4.84. The van der Waals surface area contributed by atoms with Crippen molar-refractivity contribution in [3.63, 3.8) is 0 Å². The third-order valence-corrected chi connectivity index (χ3v) is 5.07. The molecule has 0 bridgehead atoms. The van der Waals surface area contributed by atoms with Gasteiger partial charge in [-0.25, -0.2) is 0 Å². The van der Waals surface area contributed by atoms with E-state index in [-0.39, 0.29) is 0 Å². The van der Waals surface area contributed by atoms with Gasteiger partial charge in [0, 0.05) is 19.5 Å². The van der Waals surface area contributed by atoms with Gasteiger partial charge < -0.3 is 5.32 Å². The lowest BCUT2D eigenvalue weighted by molar-refractivity contribution is 0.259. The molecule has 0 saturated heterocycles. The Labute approximate surface area is 118 Å². The van der Waals surface area contributed by atoms with Crippen LogP contribution in [0.5, 0.6) is 0 Å². The monoisotopic (exact) mass is 313 g/mol. The molecule has 0 amide bonds. The van der Waals surface area contributed by atoms with Gasteiger partial charge in [-0.1, -0.05) is 26.2 Å². The molecule has 1 aliphatic rings. The van der Waals surface area contributed by atoms with Crippen molar-refractivity contribution in [3.05, 3.63) is 15.9 Å². The molecule has 1 aromatic heterocycles. The summed E-state index contributed by atoms with van der Waals surface area (Å²) in [6.45, 7) is 5.30. The van der Waals surface area contributed by atoms with E-state index >= 15 is 0 Å². The summed E-state index contributed by atoms with van der Waals surface area (Å²) in [5, 5.41) is 8.11. The summed E-state index contributed by atoms with van der Waals surface area (Å²) in [4.78, 5) is 0. The number of nitrogens with one attached hydrogen (secondary N) is 1. The van der Waals surface area contributed by atoms with E-state index in [1.807, 2.05) is 11.7 Å². The molecule has 1 N–H and O–H groups in total. The highest BCUT2D eigenvalue weighted by molar-refractivity contribution is 9.10. The first-order valence-electron chi connectivity index (χ1n) is 7.03. The third-order valence-electron chi connectivity index (χ3n) is 4.04. The van der Waals surface area contributed by atoms with Gasteiger partial charge in [-0.05, 0) is 41.7 Å². The van der Waals surface area contributed by atoms with Crippen molar-refractivity contribution in [2.75, 3.05) is 6.54 Å². The van der Waals surface area contributed by atoms with Crippen LogP contribution in [0.15, 0.2) is 4.47 Å². The molecule has 1 atom stereocenters. The summed E-state index contributed by atoms with van der Waals surface area (Å²) in [7, 11) is 2.04. The van der Waals surface area contributed by atoms with Crippen molar-refractivity contribution < 1.29 is 0 Å². The van der Waals surface area contributed by atoms with Gasteiger partial charge in [0.05, 0.1) is 15.9 Å². The highest BCUT2D eigenvalue weighted by Crippen LogP contribution is 2.32. The fourth-order valence-electron chi connectivity index (χ4n) is 2.79. The van der Waals surface area contributed by atoms with Crippen LogP contribution in [0.25, 0.3) is 0 Å². The molecule has 1 aliphatic carbocycles. The number of rotatable bonds is 6. The third kappa shape index (κ3) is 3.15. The number of halogens is 1. The molecule has 102 valence electrons. The lowest BCUT2D eigenvalue weighted by Gasteiger charge is -2.30. The quantitative estimate of drug-likeness (QED) is 0.874. The Morgan fingerprint density at radius 2 is 2.22 bits per heavy atom. The predicted molar refractivity (Wildman–Crippen MR) is 78.8 cm³/mol. The van der Waals surface area contributed by atoms with E-state index in [1.54, 1.807) is 0 Å². The van der Waals surface area contributed by atoms with Crippen molar-refractivity contribution in [2.45, 2.75) is 52.0 Å². The normalized spacial score (nSPS) is 17.8. The van der Waals surface area contributed by atoms with Crippen LogP contribution >= 0.6 is 15.9 Å². The van der Waals surface area contributed by atoms with Crippen LogP contribution in [0.4, 0.5) is 0 Å². The minimum absolute atomic E-state index is 0.589. The first-order chi connectivity index (χ1) is 8.61. The van der Waals surface area contributed by atoms with Gasteiger partial charge in [0.15, 0.2) is 0 Å². The molecule has 1 unspecified atom stereocenters. The fourth-order valence-corrected chi connectivity index (χ4v) is 3.29. The maximum atomic E-state index is 4.48. The number of nitrogens with zero attached hydrogens (tertiary/aromatic N) is 2. The maximum absolute atomic E-state index is 4.48. The Morgan fingerprint density at radius 1 is 1.50 bits per heavy atom. The smallest absolute Gasteiger partial charge is 0.0738 e. The Bertz CT molecular complexity index is 396. The van der Waals surface area contributed by atoms with E-state index in [4.69, 9.17) is 0 Å². The Morgan fingerprint density at radius 3 is 2.67 bits per heavy atom. The van der Waals surface area contributed by atoms with Crippen molar-refractivity contribution in [2.24, 2.45) is 13.0 Å². The largest absolute Gasteiger partial charge is 0.314 e. The van der Waals surface area contributed by atoms with Crippen LogP contribution in [-0.4, -0.2) is 22.4 Å². The SMILES string of the molecule is CCNC(Cc1c(Br)c(C)nn1C)CC1CCC1. The lowest BCUT2D eigenvalue weighted by Crippen LogP contribution is -2.35. The average Bonchev–Trinajstić information content (AvgIpc) is 2.50. The highest BCUT2D eigenvalue weighted by atomic mass is 79.9. The molecule has 0 spiro atoms. The molecule has 1 heterocycles. The van der Waals surface area contributed by atoms with E-state index < -0.39 is 0 Å². The van der Waals surface area contributed by atoms with E-state index in [0.717, 1.165) is 24.6 Å². The highest BCUT2D eigenvalue weighted by Gasteiger charge is 2.23. The van der Waals surface area contributed by atoms with Gasteiger partial charge in [-0.3, -0.25) is 4.68 Å². The van der Waals surface area contributed by atoms with E-state index in [1.165, 1.54) is 35.8 Å². The van der Waals surface area contributed by atoms with Gasteiger partial charge in [-0.2, -0.15) is 5.10 Å². The van der Waals surface area contributed by atoms with Crippen LogP contribution in [0, 0.1) is 12.8 Å². The second-order valence-electron chi connectivity index (χ2n) is 5.46. The molecular weight excluding hydrogens is 290 g/mol. The van der Waals surface area contributed by atoms with Gasteiger partial charge >= 0.3 is 0 Å². The van der Waals surface area contributed by atoms with Crippen molar-refractivity contribution in [3.8, 4) is 0 Å². The van der Waals surface area contributed by atoms with Crippen molar-refractivity contribution in [1.82, 2.24) is 15.1 Å². The second-order valence-corrected chi connectivity index (χ2v) is 6.25. The number of likely N-dealkylation sites (N-methyl/N-ethyl adjacent to an activating group) is 1. The molecule has 3 nitrogen and oxygen atoms in total. The van der Waals surface area contributed by atoms with Crippen LogP contribution in [0.2, 0.25) is 0 Å². The minimum Gasteiger partial charge on any atom is -0.314 e. The molecule has 4 heteroatoms. The first-order valence-corrected chi connectivity index (χ1v) is 7.82. The molecule has 1 aromatic rings. The Hall–Kier alpha value is -0.350. The zero-order valence-corrected chi connectivity index (χ0v) is 13.3. The van der Waals surface area contributed by atoms with Gasteiger partial charge in [-0.15, -0.1) is 0 Å². The lowest BCUT2D eigenvalue weighted by atomic mass is 9.80. The number of hydrogen-bond donors (Lipinski definition) is 1. The number of hydrogen-bond acceptors (Lipinski definition) is 2. The Balaban J connectivity index is 2.02. The van der Waals surface area contributed by atoms with Crippen LogP contribution in [0.3, 0.4) is 0 Å². The van der Waals surface area contributed by atoms with Crippen molar-refractivity contribution in [1.29, 1.82) is 0 Å². The summed E-state index contributed by atoms with van der Waals surface area (Å²) < 4.78 is 3.20. The van der Waals surface area contributed by atoms with Crippen LogP contribution in [-0.2, 0) is 13.5 Å². The first kappa shape index (κ1) is 14.1. The predicted octanol–water partition coefficient (Wildman–Crippen LogP) is 3.20. The standard InChI is InChI=1S/C14H24BrN3/c1-4-16-12(8-11-6-5-7-11)9-13-14(15)10(2)17-18(13)3/h11-12,16H,4-9H2,1-3H3. The molecule has 0 radical (unpaired) electrons. The fraction of sp³-hybridized carbons (Fsp3) is 0.786. The van der Waals surface area contributed by atoms with Gasteiger partial charge in [0.25, 0.3) is 0 Å². The zero-order chi connectivity index (χ0) is 13.1. The summed E-state index contributed by atoms with van der Waals surface area (Å²) in [6, 6.07) is 0.589. The van der Waals surface area contributed by atoms with E-state index in [0.29, 0.717) is 6.04 Å². The minimum atomic E-state index is 0.589. The summed E-state index contributed by atoms with van der Waals surface area (Å²) >= 11 is 3.67. The second kappa shape index (κ2) is 6.20. The number of aryl methyl sites for hydroxylation is 2. The molecular formula is C14H24BrN3. The van der Waals surface area contributed by atoms with Gasteiger partial charge in [0.2, 0.25) is 0 Å². The summed E-state index contributed by atoms with van der Waals surface area (Å²) in [5.41, 5.74) is 2.41. The maximum Gasteiger partial charge on any atom is 0.0738 e. The van der Waals surface area contributed by atoms with E-state index in [2.05, 4.69) is 40.2 Å². The van der Waals surface area contributed by atoms with E-state index in [9.17, 15) is 0 Å². The zero-order valence-electron chi connectivity index (χ0n) is 11.7. The van der Waals surface area contributed by atoms with Crippen molar-refractivity contribution >= 4 is 15.9 Å². The van der Waals surface area contributed by atoms with Crippen LogP contribution < -0.4 is 5.32 Å². The van der Waals surface area contributed by atoms with Gasteiger partial charge in [0.1, 0.15) is 0 Å². The molecule has 1 fully saturated rings. The topological polar surface area (TPSA) is 29.9 Å². The number of aromatic nitrogens is 2.